The number of morpholine rings is 1. The van der Waals surface area contributed by atoms with Gasteiger partial charge in [0.2, 0.25) is 5.91 Å². The fourth-order valence-electron chi connectivity index (χ4n) is 2.35. The van der Waals surface area contributed by atoms with Gasteiger partial charge in [-0.2, -0.15) is 0 Å². The maximum Gasteiger partial charge on any atom is 0.237 e. The molecule has 1 aliphatic heterocycles. The minimum atomic E-state index is -0.335. The summed E-state index contributed by atoms with van der Waals surface area (Å²) in [4.78, 5) is 14.2. The predicted molar refractivity (Wildman–Crippen MR) is 74.9 cm³/mol. The van der Waals surface area contributed by atoms with Crippen molar-refractivity contribution in [3.63, 3.8) is 0 Å². The predicted octanol–water partition coefficient (Wildman–Crippen LogP) is 0.619. The van der Waals surface area contributed by atoms with Gasteiger partial charge in [-0.15, -0.1) is 0 Å². The van der Waals surface area contributed by atoms with Crippen molar-refractivity contribution in [3.8, 4) is 0 Å². The number of amides is 1. The number of carbonyl (C=O) groups is 1. The summed E-state index contributed by atoms with van der Waals surface area (Å²) < 4.78 is 5.76. The Bertz CT molecular complexity index is 305. The fourth-order valence-corrected chi connectivity index (χ4v) is 2.35. The third kappa shape index (κ3) is 5.09. The van der Waals surface area contributed by atoms with Crippen molar-refractivity contribution in [2.75, 3.05) is 26.2 Å². The van der Waals surface area contributed by atoms with Crippen LogP contribution in [0.3, 0.4) is 0 Å². The van der Waals surface area contributed by atoms with Crippen LogP contribution in [0.1, 0.15) is 34.6 Å². The van der Waals surface area contributed by atoms with E-state index in [0.29, 0.717) is 25.6 Å². The van der Waals surface area contributed by atoms with E-state index >= 15 is 0 Å². The molecule has 112 valence electrons. The highest BCUT2D eigenvalue weighted by atomic mass is 16.5. The number of hydrogen-bond acceptors (Lipinski definition) is 4. The van der Waals surface area contributed by atoms with Gasteiger partial charge in [0.05, 0.1) is 24.4 Å². The number of nitrogens with zero attached hydrogens (tertiary/aromatic N) is 1. The molecular formula is C14H28N2O3. The molecule has 0 aliphatic carbocycles. The Labute approximate surface area is 116 Å². The number of nitrogens with one attached hydrogen (secondary N) is 1. The molecule has 2 unspecified atom stereocenters. The second kappa shape index (κ2) is 6.68. The number of carbonyl (C=O) groups excluding carboxylic acids is 1. The Morgan fingerprint density at radius 3 is 2.63 bits per heavy atom. The molecule has 2 N–H and O–H groups in total. The zero-order valence-corrected chi connectivity index (χ0v) is 12.8. The zero-order valence-electron chi connectivity index (χ0n) is 12.8. The molecular weight excluding hydrogens is 244 g/mol. The average molecular weight is 272 g/mol. The van der Waals surface area contributed by atoms with E-state index in [2.05, 4.69) is 24.1 Å². The summed E-state index contributed by atoms with van der Waals surface area (Å²) in [5, 5.41) is 12.2. The minimum absolute atomic E-state index is 0.0136. The number of aliphatic hydroxyl groups is 1. The summed E-state index contributed by atoms with van der Waals surface area (Å²) in [6.07, 6.45) is -0.218. The Balaban J connectivity index is 2.59. The van der Waals surface area contributed by atoms with E-state index < -0.39 is 0 Å². The van der Waals surface area contributed by atoms with E-state index in [9.17, 15) is 9.90 Å². The highest BCUT2D eigenvalue weighted by Gasteiger charge is 2.36. The summed E-state index contributed by atoms with van der Waals surface area (Å²) in [7, 11) is 0. The van der Waals surface area contributed by atoms with Gasteiger partial charge in [0.15, 0.2) is 0 Å². The van der Waals surface area contributed by atoms with Crippen LogP contribution in [0.2, 0.25) is 0 Å². The van der Waals surface area contributed by atoms with E-state index in [1.54, 1.807) is 0 Å². The molecule has 0 aromatic heterocycles. The quantitative estimate of drug-likeness (QED) is 0.770. The Kier molecular flexibility index (Phi) is 5.77. The standard InChI is InChI=1S/C14H28N2O3/c1-10(2)6-15-13(18)11(3)16-7-12(8-17)19-14(4,5)9-16/h10-12,17H,6-9H2,1-5H3,(H,15,18). The smallest absolute Gasteiger partial charge is 0.237 e. The average Bonchev–Trinajstić information content (AvgIpc) is 2.32. The molecule has 0 spiro atoms. The van der Waals surface area contributed by atoms with Crippen LogP contribution in [-0.2, 0) is 9.53 Å². The van der Waals surface area contributed by atoms with Gasteiger partial charge in [-0.05, 0) is 26.7 Å². The van der Waals surface area contributed by atoms with Crippen LogP contribution in [0.15, 0.2) is 0 Å². The molecule has 5 nitrogen and oxygen atoms in total. The van der Waals surface area contributed by atoms with Gasteiger partial charge in [0, 0.05) is 19.6 Å². The van der Waals surface area contributed by atoms with Gasteiger partial charge in [-0.3, -0.25) is 9.69 Å². The van der Waals surface area contributed by atoms with Crippen molar-refractivity contribution in [1.29, 1.82) is 0 Å². The van der Waals surface area contributed by atoms with Gasteiger partial charge >= 0.3 is 0 Å². The van der Waals surface area contributed by atoms with Crippen molar-refractivity contribution >= 4 is 5.91 Å². The highest BCUT2D eigenvalue weighted by Crippen LogP contribution is 2.22. The molecule has 1 heterocycles. The molecule has 0 saturated carbocycles. The minimum Gasteiger partial charge on any atom is -0.394 e. The van der Waals surface area contributed by atoms with Crippen molar-refractivity contribution in [2.45, 2.75) is 52.4 Å². The Morgan fingerprint density at radius 1 is 1.47 bits per heavy atom. The summed E-state index contributed by atoms with van der Waals surface area (Å²) in [5.41, 5.74) is -0.335. The van der Waals surface area contributed by atoms with Crippen LogP contribution >= 0.6 is 0 Å². The largest absolute Gasteiger partial charge is 0.394 e. The molecule has 0 aromatic rings. The first-order valence-electron chi connectivity index (χ1n) is 7.05. The van der Waals surface area contributed by atoms with Crippen molar-refractivity contribution in [1.82, 2.24) is 10.2 Å². The van der Waals surface area contributed by atoms with Crippen molar-refractivity contribution < 1.29 is 14.6 Å². The van der Waals surface area contributed by atoms with Gasteiger partial charge in [0.1, 0.15) is 0 Å². The maximum absolute atomic E-state index is 12.1. The maximum atomic E-state index is 12.1. The van der Waals surface area contributed by atoms with Crippen LogP contribution < -0.4 is 5.32 Å². The number of hydrogen-bond donors (Lipinski definition) is 2. The van der Waals surface area contributed by atoms with Crippen molar-refractivity contribution in [2.24, 2.45) is 5.92 Å². The third-order valence-corrected chi connectivity index (χ3v) is 3.32. The van der Waals surface area contributed by atoms with E-state index in [0.717, 1.165) is 0 Å². The Hall–Kier alpha value is -0.650. The lowest BCUT2D eigenvalue weighted by atomic mass is 10.0. The highest BCUT2D eigenvalue weighted by molar-refractivity contribution is 5.81. The number of ether oxygens (including phenoxy) is 1. The lowest BCUT2D eigenvalue weighted by Crippen LogP contribution is -2.59. The van der Waals surface area contributed by atoms with E-state index in [4.69, 9.17) is 4.74 Å². The van der Waals surface area contributed by atoms with Crippen LogP contribution in [0.25, 0.3) is 0 Å². The van der Waals surface area contributed by atoms with Crippen LogP contribution in [0, 0.1) is 5.92 Å². The molecule has 5 heteroatoms. The molecule has 0 radical (unpaired) electrons. The topological polar surface area (TPSA) is 61.8 Å². The van der Waals surface area contributed by atoms with Crippen LogP contribution in [0.4, 0.5) is 0 Å². The summed E-state index contributed by atoms with van der Waals surface area (Å²) >= 11 is 0. The first-order valence-corrected chi connectivity index (χ1v) is 7.05. The summed E-state index contributed by atoms with van der Waals surface area (Å²) in [5.74, 6) is 0.491. The first kappa shape index (κ1) is 16.4. The summed E-state index contributed by atoms with van der Waals surface area (Å²) in [6.45, 7) is 12.0. The number of rotatable bonds is 5. The fraction of sp³-hybridized carbons (Fsp3) is 0.929. The normalized spacial score (nSPS) is 25.3. The van der Waals surface area contributed by atoms with Crippen LogP contribution in [0.5, 0.6) is 0 Å². The molecule has 1 amide bonds. The Morgan fingerprint density at radius 2 is 2.11 bits per heavy atom. The molecule has 1 saturated heterocycles. The number of aliphatic hydroxyl groups excluding tert-OH is 1. The van der Waals surface area contributed by atoms with Gasteiger partial charge < -0.3 is 15.2 Å². The molecule has 2 atom stereocenters. The van der Waals surface area contributed by atoms with Gasteiger partial charge in [-0.25, -0.2) is 0 Å². The van der Waals surface area contributed by atoms with Gasteiger partial charge in [0.25, 0.3) is 0 Å². The molecule has 19 heavy (non-hydrogen) atoms. The van der Waals surface area contributed by atoms with E-state index in [1.807, 2.05) is 20.8 Å². The second-order valence-corrected chi connectivity index (χ2v) is 6.43. The molecule has 1 rings (SSSR count). The lowest BCUT2D eigenvalue weighted by molar-refractivity contribution is -0.161. The second-order valence-electron chi connectivity index (χ2n) is 6.43. The van der Waals surface area contributed by atoms with E-state index in [-0.39, 0.29) is 30.3 Å². The zero-order chi connectivity index (χ0) is 14.6. The van der Waals surface area contributed by atoms with E-state index in [1.165, 1.54) is 0 Å². The SMILES string of the molecule is CC(C)CNC(=O)C(C)N1CC(CO)OC(C)(C)C1. The monoisotopic (exact) mass is 272 g/mol. The first-order chi connectivity index (χ1) is 8.75. The molecule has 1 aliphatic rings. The lowest BCUT2D eigenvalue weighted by Gasteiger charge is -2.44. The molecule has 0 bridgehead atoms. The molecule has 1 fully saturated rings. The van der Waals surface area contributed by atoms with Gasteiger partial charge in [-0.1, -0.05) is 13.8 Å². The van der Waals surface area contributed by atoms with Crippen molar-refractivity contribution in [3.05, 3.63) is 0 Å². The third-order valence-electron chi connectivity index (χ3n) is 3.32. The van der Waals surface area contributed by atoms with Crippen LogP contribution in [-0.4, -0.2) is 59.9 Å². The molecule has 0 aromatic carbocycles. The summed E-state index contributed by atoms with van der Waals surface area (Å²) in [6, 6.07) is -0.198.